The smallest absolute Gasteiger partial charge is 0.269 e. The molecule has 15 heavy (non-hydrogen) atoms. The lowest BCUT2D eigenvalue weighted by atomic mass is 10.1. The van der Waals surface area contributed by atoms with Crippen LogP contribution in [0.1, 0.15) is 15.9 Å². The number of rotatable bonds is 1. The lowest BCUT2D eigenvalue weighted by Crippen LogP contribution is -2.44. The van der Waals surface area contributed by atoms with E-state index in [4.69, 9.17) is 17.3 Å². The number of hydrazine groups is 1. The maximum Gasteiger partial charge on any atom is 0.269 e. The Morgan fingerprint density at radius 1 is 1.47 bits per heavy atom. The minimum Gasteiger partial charge on any atom is -0.375 e. The van der Waals surface area contributed by atoms with Gasteiger partial charge in [-0.25, -0.2) is 0 Å². The van der Waals surface area contributed by atoms with Crippen molar-refractivity contribution in [1.29, 1.82) is 0 Å². The molecule has 1 aromatic carbocycles. The number of nitrogens with one attached hydrogen (secondary N) is 2. The minimum atomic E-state index is -0.331. The van der Waals surface area contributed by atoms with Crippen LogP contribution >= 0.6 is 23.8 Å². The Bertz CT molecular complexity index is 408. The van der Waals surface area contributed by atoms with Crippen LogP contribution in [0.4, 0.5) is 0 Å². The molecule has 1 rings (SSSR count). The normalized spacial score (nSPS) is 9.47. The highest BCUT2D eigenvalue weighted by molar-refractivity contribution is 7.80. The molecule has 0 heterocycles. The third kappa shape index (κ3) is 3.07. The van der Waals surface area contributed by atoms with Crippen LogP contribution in [0.2, 0.25) is 5.02 Å². The third-order valence-corrected chi connectivity index (χ3v) is 2.32. The first-order valence-electron chi connectivity index (χ1n) is 4.13. The summed E-state index contributed by atoms with van der Waals surface area (Å²) in [5.41, 5.74) is 11.1. The van der Waals surface area contributed by atoms with Gasteiger partial charge in [0, 0.05) is 10.6 Å². The van der Waals surface area contributed by atoms with E-state index in [0.717, 1.165) is 0 Å². The molecular formula is C9H10ClN3OS. The second kappa shape index (κ2) is 4.95. The zero-order valence-corrected chi connectivity index (χ0v) is 9.58. The second-order valence-electron chi connectivity index (χ2n) is 2.86. The number of carbonyl (C=O) groups excluding carboxylic acids is 1. The van der Waals surface area contributed by atoms with Crippen LogP contribution in [0, 0.1) is 6.92 Å². The molecule has 0 radical (unpaired) electrons. The number of halogens is 1. The van der Waals surface area contributed by atoms with Crippen LogP contribution in [0.3, 0.4) is 0 Å². The maximum atomic E-state index is 11.6. The van der Waals surface area contributed by atoms with E-state index in [1.807, 2.05) is 0 Å². The molecule has 1 amide bonds. The molecule has 0 saturated carbocycles. The van der Waals surface area contributed by atoms with Crippen LogP contribution in [-0.4, -0.2) is 11.0 Å². The molecule has 0 fully saturated rings. The van der Waals surface area contributed by atoms with E-state index in [9.17, 15) is 4.79 Å². The number of carbonyl (C=O) groups is 1. The number of amides is 1. The van der Waals surface area contributed by atoms with Crippen LogP contribution in [0.25, 0.3) is 0 Å². The largest absolute Gasteiger partial charge is 0.375 e. The van der Waals surface area contributed by atoms with Gasteiger partial charge in [-0.15, -0.1) is 0 Å². The van der Waals surface area contributed by atoms with Crippen LogP contribution in [-0.2, 0) is 0 Å². The van der Waals surface area contributed by atoms with Gasteiger partial charge in [-0.1, -0.05) is 17.7 Å². The molecule has 0 spiro atoms. The Morgan fingerprint density at radius 3 is 2.73 bits per heavy atom. The fraction of sp³-hybridized carbons (Fsp3) is 0.111. The van der Waals surface area contributed by atoms with Crippen molar-refractivity contribution in [3.8, 4) is 0 Å². The Hall–Kier alpha value is -1.33. The summed E-state index contributed by atoms with van der Waals surface area (Å²) in [4.78, 5) is 11.6. The molecule has 0 aliphatic carbocycles. The zero-order chi connectivity index (χ0) is 11.4. The van der Waals surface area contributed by atoms with Gasteiger partial charge in [0.25, 0.3) is 5.91 Å². The molecule has 0 atom stereocenters. The highest BCUT2D eigenvalue weighted by atomic mass is 35.5. The van der Waals surface area contributed by atoms with Crippen molar-refractivity contribution in [3.63, 3.8) is 0 Å². The van der Waals surface area contributed by atoms with E-state index >= 15 is 0 Å². The monoisotopic (exact) mass is 243 g/mol. The van der Waals surface area contributed by atoms with Gasteiger partial charge in [0.05, 0.1) is 0 Å². The number of nitrogens with two attached hydrogens (primary N) is 1. The van der Waals surface area contributed by atoms with Crippen LogP contribution < -0.4 is 16.6 Å². The number of hydrogen-bond donors (Lipinski definition) is 3. The molecule has 0 saturated heterocycles. The molecule has 4 nitrogen and oxygen atoms in total. The second-order valence-corrected chi connectivity index (χ2v) is 3.70. The Balaban J connectivity index is 2.82. The molecule has 4 N–H and O–H groups in total. The fourth-order valence-corrected chi connectivity index (χ4v) is 1.26. The van der Waals surface area contributed by atoms with Crippen LogP contribution in [0.15, 0.2) is 18.2 Å². The van der Waals surface area contributed by atoms with Crippen molar-refractivity contribution in [2.45, 2.75) is 6.92 Å². The molecule has 0 aromatic heterocycles. The summed E-state index contributed by atoms with van der Waals surface area (Å²) in [6.45, 7) is 1.76. The van der Waals surface area contributed by atoms with Crippen molar-refractivity contribution in [1.82, 2.24) is 10.9 Å². The molecule has 0 bridgehead atoms. The van der Waals surface area contributed by atoms with Gasteiger partial charge < -0.3 is 5.73 Å². The summed E-state index contributed by atoms with van der Waals surface area (Å²) < 4.78 is 0. The first-order chi connectivity index (χ1) is 7.02. The molecule has 0 aliphatic heterocycles. The maximum absolute atomic E-state index is 11.6. The molecule has 80 valence electrons. The lowest BCUT2D eigenvalue weighted by Gasteiger charge is -2.09. The molecule has 0 unspecified atom stereocenters. The van der Waals surface area contributed by atoms with E-state index in [1.165, 1.54) is 0 Å². The van der Waals surface area contributed by atoms with Crippen molar-refractivity contribution in [3.05, 3.63) is 34.3 Å². The van der Waals surface area contributed by atoms with Gasteiger partial charge in [-0.3, -0.25) is 15.6 Å². The van der Waals surface area contributed by atoms with Crippen molar-refractivity contribution < 1.29 is 4.79 Å². The van der Waals surface area contributed by atoms with Gasteiger partial charge in [-0.05, 0) is 36.8 Å². The van der Waals surface area contributed by atoms with Crippen molar-refractivity contribution in [2.75, 3.05) is 0 Å². The van der Waals surface area contributed by atoms with Crippen LogP contribution in [0.5, 0.6) is 0 Å². The summed E-state index contributed by atoms with van der Waals surface area (Å²) in [6.07, 6.45) is 0. The van der Waals surface area contributed by atoms with Gasteiger partial charge in [0.15, 0.2) is 5.11 Å². The third-order valence-electron chi connectivity index (χ3n) is 1.81. The summed E-state index contributed by atoms with van der Waals surface area (Å²) in [6, 6.07) is 5.08. The van der Waals surface area contributed by atoms with Crippen molar-refractivity contribution in [2.24, 2.45) is 5.73 Å². The first-order valence-corrected chi connectivity index (χ1v) is 4.92. The van der Waals surface area contributed by atoms with Gasteiger partial charge in [0.2, 0.25) is 0 Å². The summed E-state index contributed by atoms with van der Waals surface area (Å²) in [7, 11) is 0. The van der Waals surface area contributed by atoms with Gasteiger partial charge >= 0.3 is 0 Å². The predicted molar refractivity (Wildman–Crippen MR) is 63.6 cm³/mol. The van der Waals surface area contributed by atoms with E-state index in [2.05, 4.69) is 23.1 Å². The Labute approximate surface area is 97.8 Å². The summed E-state index contributed by atoms with van der Waals surface area (Å²) in [5.74, 6) is -0.331. The SMILES string of the molecule is Cc1c(Cl)cccc1C(=O)NNC(N)=S. The average Bonchev–Trinajstić information content (AvgIpc) is 2.18. The summed E-state index contributed by atoms with van der Waals surface area (Å²) in [5, 5.41) is 0.543. The highest BCUT2D eigenvalue weighted by Gasteiger charge is 2.09. The predicted octanol–water partition coefficient (Wildman–Crippen LogP) is 1.13. The topological polar surface area (TPSA) is 67.2 Å². The first kappa shape index (κ1) is 11.7. The molecule has 0 aliphatic rings. The fourth-order valence-electron chi connectivity index (χ4n) is 1.04. The Kier molecular flexibility index (Phi) is 3.88. The summed E-state index contributed by atoms with van der Waals surface area (Å²) >= 11 is 10.4. The van der Waals surface area contributed by atoms with Crippen molar-refractivity contribution >= 4 is 34.8 Å². The Morgan fingerprint density at radius 2 is 2.13 bits per heavy atom. The van der Waals surface area contributed by atoms with E-state index < -0.39 is 0 Å². The quantitative estimate of drug-likeness (QED) is 0.511. The highest BCUT2D eigenvalue weighted by Crippen LogP contribution is 2.18. The number of thiocarbonyl (C=S) groups is 1. The van der Waals surface area contributed by atoms with E-state index in [-0.39, 0.29) is 11.0 Å². The average molecular weight is 244 g/mol. The van der Waals surface area contributed by atoms with E-state index in [0.29, 0.717) is 16.1 Å². The van der Waals surface area contributed by atoms with Gasteiger partial charge in [0.1, 0.15) is 0 Å². The minimum absolute atomic E-state index is 0.00281. The lowest BCUT2D eigenvalue weighted by molar-refractivity contribution is 0.0943. The molecule has 6 heteroatoms. The number of hydrogen-bond acceptors (Lipinski definition) is 2. The van der Waals surface area contributed by atoms with E-state index in [1.54, 1.807) is 25.1 Å². The molecular weight excluding hydrogens is 234 g/mol. The standard InChI is InChI=1S/C9H10ClN3OS/c1-5-6(3-2-4-7(5)10)8(14)12-13-9(11)15/h2-4H,1H3,(H,12,14)(H3,11,13,15). The van der Waals surface area contributed by atoms with Gasteiger partial charge in [-0.2, -0.15) is 0 Å². The number of benzene rings is 1. The molecule has 1 aromatic rings. The zero-order valence-electron chi connectivity index (χ0n) is 8.00.